The van der Waals surface area contributed by atoms with Gasteiger partial charge >= 0.3 is 0 Å². The van der Waals surface area contributed by atoms with Crippen LogP contribution in [0.2, 0.25) is 0 Å². The maximum absolute atomic E-state index is 5.61. The van der Waals surface area contributed by atoms with Gasteiger partial charge in [0.15, 0.2) is 17.8 Å². The largest absolute Gasteiger partial charge is 0.493 e. The number of nitrogens with zero attached hydrogens (tertiary/aromatic N) is 1. The van der Waals surface area contributed by atoms with Crippen molar-refractivity contribution in [2.75, 3.05) is 34.0 Å². The van der Waals surface area contributed by atoms with Crippen molar-refractivity contribution in [3.8, 4) is 11.5 Å². The molecule has 0 bridgehead atoms. The van der Waals surface area contributed by atoms with E-state index in [4.69, 9.17) is 23.9 Å². The number of hydrogen-bond donors (Lipinski definition) is 0. The third kappa shape index (κ3) is 5.31. The van der Waals surface area contributed by atoms with Crippen LogP contribution in [0.15, 0.2) is 53.5 Å². The van der Waals surface area contributed by atoms with E-state index >= 15 is 0 Å². The Morgan fingerprint density at radius 2 is 1.50 bits per heavy atom. The summed E-state index contributed by atoms with van der Waals surface area (Å²) < 4.78 is 22.0. The van der Waals surface area contributed by atoms with Gasteiger partial charge in [0.1, 0.15) is 0 Å². The highest BCUT2D eigenvalue weighted by atomic mass is 16.7. The number of benzene rings is 2. The fourth-order valence-corrected chi connectivity index (χ4v) is 2.62. The molecule has 0 aliphatic rings. The lowest BCUT2D eigenvalue weighted by Gasteiger charge is -2.16. The molecule has 0 fully saturated rings. The number of ether oxygens (including phenoxy) is 4. The van der Waals surface area contributed by atoms with Crippen LogP contribution in [0.4, 0.5) is 0 Å². The molecule has 0 unspecified atom stereocenters. The first-order valence-corrected chi connectivity index (χ1v) is 8.78. The van der Waals surface area contributed by atoms with Crippen molar-refractivity contribution in [2.45, 2.75) is 20.1 Å². The van der Waals surface area contributed by atoms with Crippen LogP contribution < -0.4 is 9.47 Å². The van der Waals surface area contributed by atoms with Gasteiger partial charge in [0.2, 0.25) is 0 Å². The molecule has 0 saturated carbocycles. The van der Waals surface area contributed by atoms with Crippen LogP contribution in [0.25, 0.3) is 0 Å². The van der Waals surface area contributed by atoms with Crippen LogP contribution in [-0.4, -0.2) is 46.0 Å². The molecule has 2 aromatic carbocycles. The van der Waals surface area contributed by atoms with Crippen LogP contribution >= 0.6 is 0 Å². The standard InChI is InChI=1S/C21H27NO4/c1-5-25-20(26-6-2)15-22-21(16-10-8-7-9-11-16)17-12-13-18(23-3)19(14-17)24-4/h7-14,20H,5-6,15H2,1-4H3/b22-21-. The van der Waals surface area contributed by atoms with E-state index in [-0.39, 0.29) is 6.29 Å². The van der Waals surface area contributed by atoms with Crippen molar-refractivity contribution >= 4 is 5.71 Å². The Balaban J connectivity index is 2.40. The summed E-state index contributed by atoms with van der Waals surface area (Å²) >= 11 is 0. The van der Waals surface area contributed by atoms with Gasteiger partial charge in [0.25, 0.3) is 0 Å². The zero-order valence-electron chi connectivity index (χ0n) is 15.9. The van der Waals surface area contributed by atoms with Crippen LogP contribution in [0.5, 0.6) is 11.5 Å². The van der Waals surface area contributed by atoms with Crippen molar-refractivity contribution in [1.82, 2.24) is 0 Å². The zero-order chi connectivity index (χ0) is 18.8. The minimum absolute atomic E-state index is 0.358. The second kappa shape index (κ2) is 10.6. The molecule has 0 aromatic heterocycles. The Hall–Kier alpha value is -2.37. The second-order valence-electron chi connectivity index (χ2n) is 5.47. The van der Waals surface area contributed by atoms with Gasteiger partial charge in [0.05, 0.1) is 26.5 Å². The van der Waals surface area contributed by atoms with Gasteiger partial charge in [-0.2, -0.15) is 0 Å². The molecule has 2 aromatic rings. The number of hydrogen-bond acceptors (Lipinski definition) is 5. The highest BCUT2D eigenvalue weighted by Gasteiger charge is 2.13. The first kappa shape index (κ1) is 19.9. The monoisotopic (exact) mass is 357 g/mol. The van der Waals surface area contributed by atoms with Gasteiger partial charge in [-0.15, -0.1) is 0 Å². The zero-order valence-corrected chi connectivity index (χ0v) is 15.9. The van der Waals surface area contributed by atoms with Crippen molar-refractivity contribution in [2.24, 2.45) is 4.99 Å². The van der Waals surface area contributed by atoms with Gasteiger partial charge in [-0.1, -0.05) is 30.3 Å². The quantitative estimate of drug-likeness (QED) is 0.477. The number of methoxy groups -OCH3 is 2. The maximum Gasteiger partial charge on any atom is 0.176 e. The van der Waals surface area contributed by atoms with E-state index in [1.165, 1.54) is 0 Å². The third-order valence-electron chi connectivity index (χ3n) is 3.81. The summed E-state index contributed by atoms with van der Waals surface area (Å²) in [6, 6.07) is 15.8. The lowest BCUT2D eigenvalue weighted by Crippen LogP contribution is -2.22. The maximum atomic E-state index is 5.61. The highest BCUT2D eigenvalue weighted by Crippen LogP contribution is 2.28. The van der Waals surface area contributed by atoms with E-state index in [9.17, 15) is 0 Å². The summed E-state index contributed by atoms with van der Waals surface area (Å²) in [6.45, 7) is 5.47. The average molecular weight is 357 g/mol. The van der Waals surface area contributed by atoms with E-state index < -0.39 is 0 Å². The van der Waals surface area contributed by atoms with E-state index in [0.717, 1.165) is 16.8 Å². The molecule has 2 rings (SSSR count). The molecular weight excluding hydrogens is 330 g/mol. The van der Waals surface area contributed by atoms with Crippen molar-refractivity contribution < 1.29 is 18.9 Å². The number of rotatable bonds is 10. The lowest BCUT2D eigenvalue weighted by atomic mass is 10.0. The SMILES string of the molecule is CCOC(C/N=C(/c1ccccc1)c1ccc(OC)c(OC)c1)OCC. The van der Waals surface area contributed by atoms with Crippen molar-refractivity contribution in [3.63, 3.8) is 0 Å². The Morgan fingerprint density at radius 1 is 0.846 bits per heavy atom. The van der Waals surface area contributed by atoms with Gasteiger partial charge < -0.3 is 18.9 Å². The molecule has 5 heteroatoms. The molecule has 0 spiro atoms. The van der Waals surface area contributed by atoms with E-state index in [1.54, 1.807) is 14.2 Å². The molecular formula is C21H27NO4. The Morgan fingerprint density at radius 3 is 2.08 bits per heavy atom. The van der Waals surface area contributed by atoms with Crippen LogP contribution in [0.3, 0.4) is 0 Å². The topological polar surface area (TPSA) is 49.3 Å². The Kier molecular flexibility index (Phi) is 8.12. The van der Waals surface area contributed by atoms with Crippen LogP contribution in [-0.2, 0) is 9.47 Å². The third-order valence-corrected chi connectivity index (χ3v) is 3.81. The molecule has 0 N–H and O–H groups in total. The Labute approximate surface area is 155 Å². The van der Waals surface area contributed by atoms with Crippen molar-refractivity contribution in [3.05, 3.63) is 59.7 Å². The van der Waals surface area contributed by atoms with Gasteiger partial charge in [0, 0.05) is 24.3 Å². The first-order valence-electron chi connectivity index (χ1n) is 8.78. The predicted molar refractivity (Wildman–Crippen MR) is 104 cm³/mol. The summed E-state index contributed by atoms with van der Waals surface area (Å²) in [4.78, 5) is 4.80. The van der Waals surface area contributed by atoms with E-state index in [1.807, 2.05) is 62.4 Å². The molecule has 26 heavy (non-hydrogen) atoms. The minimum Gasteiger partial charge on any atom is -0.493 e. The lowest BCUT2D eigenvalue weighted by molar-refractivity contribution is -0.128. The molecule has 0 aliphatic heterocycles. The molecule has 0 radical (unpaired) electrons. The molecule has 0 saturated heterocycles. The number of aliphatic imine (C=N–C) groups is 1. The van der Waals surface area contributed by atoms with E-state index in [2.05, 4.69) is 0 Å². The molecule has 0 heterocycles. The fourth-order valence-electron chi connectivity index (χ4n) is 2.62. The summed E-state index contributed by atoms with van der Waals surface area (Å²) in [5.41, 5.74) is 2.82. The molecule has 0 aliphatic carbocycles. The van der Waals surface area contributed by atoms with Crippen molar-refractivity contribution in [1.29, 1.82) is 0 Å². The fraction of sp³-hybridized carbons (Fsp3) is 0.381. The highest BCUT2D eigenvalue weighted by molar-refractivity contribution is 6.13. The van der Waals surface area contributed by atoms with E-state index in [0.29, 0.717) is 31.3 Å². The summed E-state index contributed by atoms with van der Waals surface area (Å²) in [5.74, 6) is 1.35. The molecule has 0 amide bonds. The van der Waals surface area contributed by atoms with Gasteiger partial charge in [-0.25, -0.2) is 0 Å². The van der Waals surface area contributed by atoms with Crippen LogP contribution in [0.1, 0.15) is 25.0 Å². The Bertz CT molecular complexity index is 694. The molecule has 140 valence electrons. The van der Waals surface area contributed by atoms with Gasteiger partial charge in [-0.3, -0.25) is 4.99 Å². The van der Waals surface area contributed by atoms with Gasteiger partial charge in [-0.05, 0) is 32.0 Å². The molecule has 0 atom stereocenters. The summed E-state index contributed by atoms with van der Waals surface area (Å²) in [7, 11) is 3.25. The summed E-state index contributed by atoms with van der Waals surface area (Å²) in [6.07, 6.45) is -0.358. The summed E-state index contributed by atoms with van der Waals surface area (Å²) in [5, 5.41) is 0. The van der Waals surface area contributed by atoms with Crippen LogP contribution in [0, 0.1) is 0 Å². The average Bonchev–Trinajstić information content (AvgIpc) is 2.69. The second-order valence-corrected chi connectivity index (χ2v) is 5.47. The normalized spacial score (nSPS) is 11.7. The smallest absolute Gasteiger partial charge is 0.176 e. The molecule has 5 nitrogen and oxygen atoms in total. The predicted octanol–water partition coefficient (Wildman–Crippen LogP) is 3.94. The first-order chi connectivity index (χ1) is 12.7. The minimum atomic E-state index is -0.358.